The molecule has 3 heterocycles. The number of ether oxygens (including phenoxy) is 1. The van der Waals surface area contributed by atoms with Crippen LogP contribution in [0.2, 0.25) is 0 Å². The van der Waals surface area contributed by atoms with Gasteiger partial charge in [0, 0.05) is 30.4 Å². The maximum absolute atomic E-state index is 12.7. The second kappa shape index (κ2) is 6.80. The van der Waals surface area contributed by atoms with Crippen LogP contribution in [0.25, 0.3) is 5.65 Å². The van der Waals surface area contributed by atoms with E-state index in [0.29, 0.717) is 0 Å². The van der Waals surface area contributed by atoms with E-state index < -0.39 is 12.1 Å². The molecule has 5 nitrogen and oxygen atoms in total. The van der Waals surface area contributed by atoms with Crippen LogP contribution < -0.4 is 0 Å². The van der Waals surface area contributed by atoms with Gasteiger partial charge in [-0.05, 0) is 42.3 Å². The zero-order chi connectivity index (χ0) is 17.9. The van der Waals surface area contributed by atoms with Crippen LogP contribution in [-0.4, -0.2) is 20.3 Å². The van der Waals surface area contributed by atoms with Crippen LogP contribution in [0.3, 0.4) is 0 Å². The zero-order valence-corrected chi connectivity index (χ0v) is 14.2. The number of hydrogen-bond donors (Lipinski definition) is 0. The predicted octanol–water partition coefficient (Wildman–Crippen LogP) is 3.98. The second-order valence-electron chi connectivity index (χ2n) is 6.07. The summed E-state index contributed by atoms with van der Waals surface area (Å²) in [5, 5.41) is 0. The quantitative estimate of drug-likeness (QED) is 0.526. The number of hydrogen-bond acceptors (Lipinski definition) is 4. The van der Waals surface area contributed by atoms with Crippen molar-refractivity contribution < 1.29 is 9.53 Å². The molecule has 4 rings (SSSR count). The van der Waals surface area contributed by atoms with Gasteiger partial charge in [-0.15, -0.1) is 0 Å². The van der Waals surface area contributed by atoms with Crippen molar-refractivity contribution in [2.45, 2.75) is 13.0 Å². The molecule has 3 aromatic heterocycles. The van der Waals surface area contributed by atoms with Gasteiger partial charge in [-0.2, -0.15) is 0 Å². The summed E-state index contributed by atoms with van der Waals surface area (Å²) in [7, 11) is 0. The normalized spacial score (nSPS) is 12.0. The summed E-state index contributed by atoms with van der Waals surface area (Å²) in [4.78, 5) is 21.2. The van der Waals surface area contributed by atoms with Crippen LogP contribution in [0.1, 0.15) is 33.3 Å². The fourth-order valence-corrected chi connectivity index (χ4v) is 2.84. The maximum Gasteiger partial charge on any atom is 0.359 e. The lowest BCUT2D eigenvalue weighted by molar-refractivity contribution is 0.0371. The lowest BCUT2D eigenvalue weighted by Crippen LogP contribution is -2.13. The maximum atomic E-state index is 12.7. The average molecular weight is 343 g/mol. The highest BCUT2D eigenvalue weighted by atomic mass is 16.5. The van der Waals surface area contributed by atoms with Crippen LogP contribution in [0.4, 0.5) is 0 Å². The second-order valence-corrected chi connectivity index (χ2v) is 6.07. The highest BCUT2D eigenvalue weighted by Crippen LogP contribution is 2.26. The summed E-state index contributed by atoms with van der Waals surface area (Å²) in [6.07, 6.45) is 6.43. The monoisotopic (exact) mass is 343 g/mol. The molecule has 0 aliphatic rings. The van der Waals surface area contributed by atoms with Gasteiger partial charge < -0.3 is 9.14 Å². The minimum Gasteiger partial charge on any atom is -0.448 e. The van der Waals surface area contributed by atoms with Crippen LogP contribution in [0.15, 0.2) is 79.4 Å². The lowest BCUT2D eigenvalue weighted by Gasteiger charge is -2.18. The van der Waals surface area contributed by atoms with Gasteiger partial charge in [0.2, 0.25) is 0 Å². The first-order valence-electron chi connectivity index (χ1n) is 8.32. The summed E-state index contributed by atoms with van der Waals surface area (Å²) in [5.74, 6) is -0.461. The Kier molecular flexibility index (Phi) is 4.19. The molecule has 26 heavy (non-hydrogen) atoms. The van der Waals surface area contributed by atoms with Gasteiger partial charge in [0.1, 0.15) is 5.65 Å². The molecule has 1 atom stereocenters. The molecule has 0 bridgehead atoms. The standard InChI is InChI=1S/C21H17N3O2/c1-15-9-12-24-14-18(23-19(24)13-15)21(25)26-20(16-5-3-2-4-6-16)17-7-10-22-11-8-17/h2-14,20H,1H3/t20-/m0/s1. The van der Waals surface area contributed by atoms with Crippen LogP contribution in [0.5, 0.6) is 0 Å². The van der Waals surface area contributed by atoms with Gasteiger partial charge in [-0.3, -0.25) is 4.98 Å². The summed E-state index contributed by atoms with van der Waals surface area (Å²) < 4.78 is 7.64. The number of pyridine rings is 2. The molecule has 0 saturated heterocycles. The number of carbonyl (C=O) groups excluding carboxylic acids is 1. The first kappa shape index (κ1) is 16.0. The molecule has 128 valence electrons. The Morgan fingerprint density at radius 1 is 1.04 bits per heavy atom. The predicted molar refractivity (Wildman–Crippen MR) is 97.9 cm³/mol. The van der Waals surface area contributed by atoms with Gasteiger partial charge in [0.25, 0.3) is 0 Å². The minimum atomic E-state index is -0.516. The minimum absolute atomic E-state index is 0.283. The Balaban J connectivity index is 1.67. The van der Waals surface area contributed by atoms with Crippen LogP contribution in [-0.2, 0) is 4.74 Å². The molecule has 0 saturated carbocycles. The van der Waals surface area contributed by atoms with E-state index in [9.17, 15) is 4.79 Å². The van der Waals surface area contributed by atoms with Crippen molar-refractivity contribution >= 4 is 11.6 Å². The molecule has 0 amide bonds. The SMILES string of the molecule is Cc1ccn2cc(C(=O)O[C@@H](c3ccccc3)c3ccncc3)nc2c1. The molecular formula is C21H17N3O2. The van der Waals surface area contributed by atoms with Crippen LogP contribution >= 0.6 is 0 Å². The number of carbonyl (C=O) groups is 1. The highest BCUT2D eigenvalue weighted by Gasteiger charge is 2.21. The molecule has 5 heteroatoms. The Hall–Kier alpha value is -3.47. The number of nitrogens with zero attached hydrogens (tertiary/aromatic N) is 3. The number of fused-ring (bicyclic) bond motifs is 1. The summed E-state index contributed by atoms with van der Waals surface area (Å²) >= 11 is 0. The largest absolute Gasteiger partial charge is 0.448 e. The molecule has 0 fully saturated rings. The number of aromatic nitrogens is 3. The zero-order valence-electron chi connectivity index (χ0n) is 14.2. The van der Waals surface area contributed by atoms with Crippen molar-refractivity contribution in [1.82, 2.24) is 14.4 Å². The third-order valence-corrected chi connectivity index (χ3v) is 4.16. The highest BCUT2D eigenvalue weighted by molar-refractivity contribution is 5.88. The summed E-state index contributed by atoms with van der Waals surface area (Å²) in [5.41, 5.74) is 3.84. The number of imidazole rings is 1. The molecule has 0 aliphatic carbocycles. The fraction of sp³-hybridized carbons (Fsp3) is 0.0952. The van der Waals surface area contributed by atoms with E-state index in [1.54, 1.807) is 18.6 Å². The van der Waals surface area contributed by atoms with E-state index in [2.05, 4.69) is 9.97 Å². The van der Waals surface area contributed by atoms with Gasteiger partial charge >= 0.3 is 5.97 Å². The average Bonchev–Trinajstić information content (AvgIpc) is 3.10. The van der Waals surface area contributed by atoms with E-state index in [-0.39, 0.29) is 5.69 Å². The summed E-state index contributed by atoms with van der Waals surface area (Å²) in [6.45, 7) is 1.99. The summed E-state index contributed by atoms with van der Waals surface area (Å²) in [6, 6.07) is 17.2. The van der Waals surface area contributed by atoms with Crippen molar-refractivity contribution in [3.63, 3.8) is 0 Å². The third kappa shape index (κ3) is 3.19. The Labute approximate surface area is 150 Å². The van der Waals surface area contributed by atoms with Gasteiger partial charge in [-0.25, -0.2) is 9.78 Å². The van der Waals surface area contributed by atoms with Crippen molar-refractivity contribution in [3.05, 3.63) is 102 Å². The molecule has 0 spiro atoms. The van der Waals surface area contributed by atoms with E-state index in [0.717, 1.165) is 22.3 Å². The Morgan fingerprint density at radius 3 is 2.54 bits per heavy atom. The fourth-order valence-electron chi connectivity index (χ4n) is 2.84. The van der Waals surface area contributed by atoms with Gasteiger partial charge in [0.05, 0.1) is 0 Å². The molecule has 1 aromatic carbocycles. The van der Waals surface area contributed by atoms with E-state index in [1.165, 1.54) is 0 Å². The number of rotatable bonds is 4. The molecule has 0 N–H and O–H groups in total. The van der Waals surface area contributed by atoms with Crippen molar-refractivity contribution in [2.75, 3.05) is 0 Å². The molecule has 0 aliphatic heterocycles. The van der Waals surface area contributed by atoms with Gasteiger partial charge in [0.15, 0.2) is 11.8 Å². The molecule has 4 aromatic rings. The Morgan fingerprint density at radius 2 is 1.77 bits per heavy atom. The van der Waals surface area contributed by atoms with Crippen LogP contribution in [0, 0.1) is 6.92 Å². The van der Waals surface area contributed by atoms with E-state index >= 15 is 0 Å². The van der Waals surface area contributed by atoms with Gasteiger partial charge in [-0.1, -0.05) is 30.3 Å². The topological polar surface area (TPSA) is 56.5 Å². The smallest absolute Gasteiger partial charge is 0.359 e. The lowest BCUT2D eigenvalue weighted by atomic mass is 10.0. The molecule has 0 radical (unpaired) electrons. The number of aryl methyl sites for hydroxylation is 1. The number of esters is 1. The molecule has 0 unspecified atom stereocenters. The first-order chi connectivity index (χ1) is 12.7. The molecular weight excluding hydrogens is 326 g/mol. The van der Waals surface area contributed by atoms with Crippen molar-refractivity contribution in [2.24, 2.45) is 0 Å². The van der Waals surface area contributed by atoms with E-state index in [1.807, 2.05) is 72.1 Å². The Bertz CT molecular complexity index is 1000. The third-order valence-electron chi connectivity index (χ3n) is 4.16. The van der Waals surface area contributed by atoms with E-state index in [4.69, 9.17) is 4.74 Å². The van der Waals surface area contributed by atoms with Crippen molar-refractivity contribution in [1.29, 1.82) is 0 Å². The van der Waals surface area contributed by atoms with Crippen molar-refractivity contribution in [3.8, 4) is 0 Å². The number of benzene rings is 1. The first-order valence-corrected chi connectivity index (χ1v) is 8.32.